The van der Waals surface area contributed by atoms with E-state index in [2.05, 4.69) is 32.6 Å². The minimum atomic E-state index is 0.235. The van der Waals surface area contributed by atoms with Gasteiger partial charge in [-0.05, 0) is 31.7 Å². The number of nitrogens with zero attached hydrogens (tertiary/aromatic N) is 1. The number of hydrogen-bond acceptors (Lipinski definition) is 2. The molecule has 90 valence electrons. The molecule has 0 aromatic carbocycles. The van der Waals surface area contributed by atoms with Crippen LogP contribution in [0.25, 0.3) is 0 Å². The first-order chi connectivity index (χ1) is 6.97. The van der Waals surface area contributed by atoms with Crippen molar-refractivity contribution in [3.05, 3.63) is 0 Å². The van der Waals surface area contributed by atoms with Gasteiger partial charge >= 0.3 is 0 Å². The molecule has 15 heavy (non-hydrogen) atoms. The van der Waals surface area contributed by atoms with E-state index >= 15 is 0 Å². The Labute approximate surface area is 95.2 Å². The molecule has 1 aliphatic carbocycles. The second-order valence-corrected chi connectivity index (χ2v) is 5.78. The smallest absolute Gasteiger partial charge is 0.00953 e. The van der Waals surface area contributed by atoms with Crippen LogP contribution in [0.1, 0.15) is 53.4 Å². The molecule has 1 saturated carbocycles. The van der Waals surface area contributed by atoms with Gasteiger partial charge in [0, 0.05) is 18.6 Å². The van der Waals surface area contributed by atoms with Crippen molar-refractivity contribution in [2.75, 3.05) is 13.1 Å². The van der Waals surface area contributed by atoms with Crippen molar-refractivity contribution in [1.29, 1.82) is 0 Å². The van der Waals surface area contributed by atoms with Crippen molar-refractivity contribution in [2.24, 2.45) is 11.1 Å². The monoisotopic (exact) mass is 212 g/mol. The van der Waals surface area contributed by atoms with Gasteiger partial charge in [0.1, 0.15) is 0 Å². The third-order valence-corrected chi connectivity index (χ3v) is 4.09. The van der Waals surface area contributed by atoms with Gasteiger partial charge in [-0.15, -0.1) is 0 Å². The molecule has 0 radical (unpaired) electrons. The summed E-state index contributed by atoms with van der Waals surface area (Å²) in [6, 6.07) is 1.10. The van der Waals surface area contributed by atoms with Crippen molar-refractivity contribution in [1.82, 2.24) is 4.90 Å². The molecule has 0 amide bonds. The van der Waals surface area contributed by atoms with Crippen molar-refractivity contribution >= 4 is 0 Å². The zero-order valence-electron chi connectivity index (χ0n) is 10.9. The lowest BCUT2D eigenvalue weighted by atomic mass is 9.85. The molecule has 0 saturated heterocycles. The van der Waals surface area contributed by atoms with Crippen LogP contribution in [0.2, 0.25) is 0 Å². The summed E-state index contributed by atoms with van der Waals surface area (Å²) >= 11 is 0. The normalized spacial score (nSPS) is 21.2. The Bertz CT molecular complexity index is 181. The Balaban J connectivity index is 2.52. The summed E-state index contributed by atoms with van der Waals surface area (Å²) in [5.74, 6) is 0. The summed E-state index contributed by atoms with van der Waals surface area (Å²) in [4.78, 5) is 2.64. The first-order valence-corrected chi connectivity index (χ1v) is 6.47. The number of nitrogens with two attached hydrogens (primary N) is 1. The molecule has 0 aliphatic heterocycles. The zero-order chi connectivity index (χ0) is 11.5. The van der Waals surface area contributed by atoms with E-state index in [0.29, 0.717) is 0 Å². The van der Waals surface area contributed by atoms with Crippen molar-refractivity contribution in [3.8, 4) is 0 Å². The van der Waals surface area contributed by atoms with Gasteiger partial charge in [0.2, 0.25) is 0 Å². The van der Waals surface area contributed by atoms with E-state index in [1.54, 1.807) is 0 Å². The fraction of sp³-hybridized carbons (Fsp3) is 1.00. The SMILES string of the molecule is CCN(CC(C)(C)C(C)N)C1CCCC1. The van der Waals surface area contributed by atoms with E-state index in [9.17, 15) is 0 Å². The van der Waals surface area contributed by atoms with E-state index in [1.165, 1.54) is 32.2 Å². The average Bonchev–Trinajstić information content (AvgIpc) is 2.66. The Morgan fingerprint density at radius 3 is 2.27 bits per heavy atom. The molecule has 1 unspecified atom stereocenters. The highest BCUT2D eigenvalue weighted by Gasteiger charge is 2.29. The lowest BCUT2D eigenvalue weighted by molar-refractivity contribution is 0.122. The molecule has 0 aromatic rings. The Kier molecular flexibility index (Phi) is 4.60. The maximum Gasteiger partial charge on any atom is 0.00953 e. The second kappa shape index (κ2) is 5.31. The van der Waals surface area contributed by atoms with Crippen LogP contribution in [0.5, 0.6) is 0 Å². The van der Waals surface area contributed by atoms with Gasteiger partial charge in [-0.1, -0.05) is 33.6 Å². The fourth-order valence-corrected chi connectivity index (χ4v) is 2.44. The van der Waals surface area contributed by atoms with Gasteiger partial charge < -0.3 is 10.6 Å². The maximum absolute atomic E-state index is 6.05. The zero-order valence-corrected chi connectivity index (χ0v) is 10.9. The second-order valence-electron chi connectivity index (χ2n) is 5.78. The minimum absolute atomic E-state index is 0.235. The maximum atomic E-state index is 6.05. The lowest BCUT2D eigenvalue weighted by Crippen LogP contribution is -2.47. The molecule has 2 N–H and O–H groups in total. The van der Waals surface area contributed by atoms with Gasteiger partial charge in [0.05, 0.1) is 0 Å². The van der Waals surface area contributed by atoms with E-state index < -0.39 is 0 Å². The molecule has 2 heteroatoms. The summed E-state index contributed by atoms with van der Waals surface area (Å²) in [5, 5.41) is 0. The molecule has 1 atom stereocenters. The van der Waals surface area contributed by atoms with Crippen LogP contribution in [0.15, 0.2) is 0 Å². The van der Waals surface area contributed by atoms with Gasteiger partial charge in [-0.2, -0.15) is 0 Å². The average molecular weight is 212 g/mol. The van der Waals surface area contributed by atoms with Gasteiger partial charge in [-0.25, -0.2) is 0 Å². The van der Waals surface area contributed by atoms with Crippen LogP contribution < -0.4 is 5.73 Å². The van der Waals surface area contributed by atoms with Gasteiger partial charge in [-0.3, -0.25) is 0 Å². The van der Waals surface area contributed by atoms with Crippen LogP contribution in [0, 0.1) is 5.41 Å². The summed E-state index contributed by atoms with van der Waals surface area (Å²) in [5.41, 5.74) is 6.28. The third kappa shape index (κ3) is 3.46. The van der Waals surface area contributed by atoms with Crippen LogP contribution >= 0.6 is 0 Å². The fourth-order valence-electron chi connectivity index (χ4n) is 2.44. The largest absolute Gasteiger partial charge is 0.327 e. The highest BCUT2D eigenvalue weighted by Crippen LogP contribution is 2.28. The molecule has 0 heterocycles. The molecule has 1 rings (SSSR count). The van der Waals surface area contributed by atoms with Gasteiger partial charge in [0.15, 0.2) is 0 Å². The van der Waals surface area contributed by atoms with Crippen LogP contribution in [0.4, 0.5) is 0 Å². The summed E-state index contributed by atoms with van der Waals surface area (Å²) in [6.07, 6.45) is 5.62. The predicted octanol–water partition coefficient (Wildman–Crippen LogP) is 2.62. The molecular formula is C13H28N2. The summed E-state index contributed by atoms with van der Waals surface area (Å²) in [7, 11) is 0. The first kappa shape index (κ1) is 13.0. The quantitative estimate of drug-likeness (QED) is 0.759. The Morgan fingerprint density at radius 2 is 1.87 bits per heavy atom. The molecule has 1 aliphatic rings. The van der Waals surface area contributed by atoms with Crippen LogP contribution in [-0.4, -0.2) is 30.1 Å². The third-order valence-electron chi connectivity index (χ3n) is 4.09. The van der Waals surface area contributed by atoms with E-state index in [0.717, 1.165) is 12.6 Å². The summed E-state index contributed by atoms with van der Waals surface area (Å²) in [6.45, 7) is 11.3. The number of rotatable bonds is 5. The van der Waals surface area contributed by atoms with Crippen molar-refractivity contribution in [3.63, 3.8) is 0 Å². The highest BCUT2D eigenvalue weighted by molar-refractivity contribution is 4.85. The van der Waals surface area contributed by atoms with E-state index in [4.69, 9.17) is 5.73 Å². The molecule has 1 fully saturated rings. The topological polar surface area (TPSA) is 29.3 Å². The Hall–Kier alpha value is -0.0800. The highest BCUT2D eigenvalue weighted by atomic mass is 15.2. The molecule has 2 nitrogen and oxygen atoms in total. The molecular weight excluding hydrogens is 184 g/mol. The minimum Gasteiger partial charge on any atom is -0.327 e. The molecule has 0 bridgehead atoms. The van der Waals surface area contributed by atoms with E-state index in [-0.39, 0.29) is 11.5 Å². The predicted molar refractivity (Wildman–Crippen MR) is 66.9 cm³/mol. The van der Waals surface area contributed by atoms with Crippen LogP contribution in [0.3, 0.4) is 0 Å². The molecule has 0 aromatic heterocycles. The first-order valence-electron chi connectivity index (χ1n) is 6.47. The standard InChI is InChI=1S/C13H28N2/c1-5-15(12-8-6-7-9-12)10-13(3,4)11(2)14/h11-12H,5-10,14H2,1-4H3. The summed E-state index contributed by atoms with van der Waals surface area (Å²) < 4.78 is 0. The Morgan fingerprint density at radius 1 is 1.33 bits per heavy atom. The van der Waals surface area contributed by atoms with Crippen molar-refractivity contribution in [2.45, 2.75) is 65.5 Å². The van der Waals surface area contributed by atoms with Gasteiger partial charge in [0.25, 0.3) is 0 Å². The van der Waals surface area contributed by atoms with Crippen molar-refractivity contribution < 1.29 is 0 Å². The van der Waals surface area contributed by atoms with Crippen LogP contribution in [-0.2, 0) is 0 Å². The number of hydrogen-bond donors (Lipinski definition) is 1. The molecule has 0 spiro atoms. The van der Waals surface area contributed by atoms with E-state index in [1.807, 2.05) is 0 Å². The lowest BCUT2D eigenvalue weighted by Gasteiger charge is -2.38.